The standard InChI is InChI=1S/C16H25N5O2/c1-13-4-7-18-21(13)11-15(23)20-10-9-19(2)16(12-20)5-3-14(22)17-8-6-16/h4,7H,3,5-6,8-12H2,1-2H3,(H,17,22)/t16-/m1/s1. The lowest BCUT2D eigenvalue weighted by molar-refractivity contribution is -0.137. The maximum Gasteiger partial charge on any atom is 0.244 e. The fraction of sp³-hybridized carbons (Fsp3) is 0.688. The Balaban J connectivity index is 1.71. The SMILES string of the molecule is Cc1ccnn1CC(=O)N1CCN(C)[C@]2(CCNC(=O)CC2)C1. The summed E-state index contributed by atoms with van der Waals surface area (Å²) in [6.45, 7) is 5.20. The van der Waals surface area contributed by atoms with E-state index in [9.17, 15) is 9.59 Å². The zero-order chi connectivity index (χ0) is 16.4. The number of nitrogens with zero attached hydrogens (tertiary/aromatic N) is 4. The third-order valence-electron chi connectivity index (χ3n) is 5.30. The number of hydrogen-bond donors (Lipinski definition) is 1. The van der Waals surface area contributed by atoms with Crippen LogP contribution in [0.4, 0.5) is 0 Å². The van der Waals surface area contributed by atoms with Gasteiger partial charge in [0.15, 0.2) is 0 Å². The molecule has 2 aliphatic rings. The van der Waals surface area contributed by atoms with E-state index in [4.69, 9.17) is 0 Å². The molecule has 0 bridgehead atoms. The summed E-state index contributed by atoms with van der Waals surface area (Å²) in [4.78, 5) is 28.6. The summed E-state index contributed by atoms with van der Waals surface area (Å²) in [6, 6.07) is 1.90. The van der Waals surface area contributed by atoms with Gasteiger partial charge in [-0.15, -0.1) is 0 Å². The smallest absolute Gasteiger partial charge is 0.244 e. The molecule has 126 valence electrons. The molecule has 0 saturated carbocycles. The Morgan fingerprint density at radius 1 is 1.39 bits per heavy atom. The van der Waals surface area contributed by atoms with Crippen LogP contribution in [0.5, 0.6) is 0 Å². The average molecular weight is 319 g/mol. The van der Waals surface area contributed by atoms with Crippen molar-refractivity contribution in [2.45, 2.75) is 38.3 Å². The number of piperazine rings is 1. The first kappa shape index (κ1) is 16.0. The average Bonchev–Trinajstić information content (AvgIpc) is 2.83. The molecule has 1 aromatic heterocycles. The number of amides is 2. The minimum absolute atomic E-state index is 0.0910. The first-order chi connectivity index (χ1) is 11.0. The van der Waals surface area contributed by atoms with Crippen molar-refractivity contribution in [1.82, 2.24) is 24.9 Å². The van der Waals surface area contributed by atoms with Gasteiger partial charge in [-0.1, -0.05) is 0 Å². The molecular weight excluding hydrogens is 294 g/mol. The number of nitrogens with one attached hydrogen (secondary N) is 1. The van der Waals surface area contributed by atoms with Gasteiger partial charge in [0, 0.05) is 50.0 Å². The number of hydrogen-bond acceptors (Lipinski definition) is 4. The predicted molar refractivity (Wildman–Crippen MR) is 85.8 cm³/mol. The van der Waals surface area contributed by atoms with Gasteiger partial charge in [-0.05, 0) is 32.9 Å². The van der Waals surface area contributed by atoms with Gasteiger partial charge >= 0.3 is 0 Å². The maximum absolute atomic E-state index is 12.7. The number of rotatable bonds is 2. The molecule has 2 amide bonds. The number of aryl methyl sites for hydroxylation is 1. The molecule has 0 aliphatic carbocycles. The van der Waals surface area contributed by atoms with Gasteiger partial charge in [-0.2, -0.15) is 5.10 Å². The van der Waals surface area contributed by atoms with Crippen LogP contribution in [0.15, 0.2) is 12.3 Å². The molecular formula is C16H25N5O2. The van der Waals surface area contributed by atoms with E-state index < -0.39 is 0 Å². The predicted octanol–water partition coefficient (Wildman–Crippen LogP) is 0.00442. The van der Waals surface area contributed by atoms with Crippen LogP contribution in [-0.4, -0.2) is 70.2 Å². The van der Waals surface area contributed by atoms with E-state index in [-0.39, 0.29) is 23.9 Å². The number of carbonyl (C=O) groups excluding carboxylic acids is 2. The molecule has 1 aromatic rings. The molecule has 2 fully saturated rings. The van der Waals surface area contributed by atoms with Crippen molar-refractivity contribution in [3.8, 4) is 0 Å². The normalized spacial score (nSPS) is 26.2. The summed E-state index contributed by atoms with van der Waals surface area (Å²) >= 11 is 0. The van der Waals surface area contributed by atoms with E-state index >= 15 is 0 Å². The van der Waals surface area contributed by atoms with E-state index in [2.05, 4.69) is 22.4 Å². The maximum atomic E-state index is 12.7. The van der Waals surface area contributed by atoms with Crippen molar-refractivity contribution in [2.24, 2.45) is 0 Å². The fourth-order valence-corrected chi connectivity index (χ4v) is 3.60. The Labute approximate surface area is 136 Å². The summed E-state index contributed by atoms with van der Waals surface area (Å²) in [6.07, 6.45) is 3.95. The van der Waals surface area contributed by atoms with E-state index in [1.807, 2.05) is 17.9 Å². The minimum atomic E-state index is -0.0910. The van der Waals surface area contributed by atoms with E-state index in [0.717, 1.165) is 31.6 Å². The Kier molecular flexibility index (Phi) is 4.39. The Morgan fingerprint density at radius 2 is 2.22 bits per heavy atom. The molecule has 23 heavy (non-hydrogen) atoms. The van der Waals surface area contributed by atoms with Crippen molar-refractivity contribution in [3.63, 3.8) is 0 Å². The van der Waals surface area contributed by atoms with Gasteiger partial charge in [0.05, 0.1) is 0 Å². The van der Waals surface area contributed by atoms with Crippen molar-refractivity contribution in [3.05, 3.63) is 18.0 Å². The highest BCUT2D eigenvalue weighted by Gasteiger charge is 2.42. The van der Waals surface area contributed by atoms with E-state index in [0.29, 0.717) is 19.5 Å². The van der Waals surface area contributed by atoms with Crippen LogP contribution < -0.4 is 5.32 Å². The van der Waals surface area contributed by atoms with Crippen LogP contribution in [0.1, 0.15) is 25.0 Å². The summed E-state index contributed by atoms with van der Waals surface area (Å²) in [5.74, 6) is 0.221. The lowest BCUT2D eigenvalue weighted by atomic mass is 9.86. The van der Waals surface area contributed by atoms with Crippen molar-refractivity contribution < 1.29 is 9.59 Å². The van der Waals surface area contributed by atoms with Gasteiger partial charge in [0.2, 0.25) is 11.8 Å². The Hall–Kier alpha value is -1.89. The first-order valence-corrected chi connectivity index (χ1v) is 8.24. The van der Waals surface area contributed by atoms with Gasteiger partial charge < -0.3 is 10.2 Å². The molecule has 0 radical (unpaired) electrons. The van der Waals surface area contributed by atoms with E-state index in [1.54, 1.807) is 10.9 Å². The Bertz CT molecular complexity index is 599. The summed E-state index contributed by atoms with van der Waals surface area (Å²) in [5, 5.41) is 7.14. The molecule has 1 atom stereocenters. The quantitative estimate of drug-likeness (QED) is 0.833. The first-order valence-electron chi connectivity index (χ1n) is 8.24. The molecule has 2 aliphatic heterocycles. The summed E-state index contributed by atoms with van der Waals surface area (Å²) in [7, 11) is 2.11. The number of carbonyl (C=O) groups is 2. The molecule has 3 rings (SSSR count). The third-order valence-corrected chi connectivity index (χ3v) is 5.30. The number of aromatic nitrogens is 2. The molecule has 1 spiro atoms. The monoisotopic (exact) mass is 319 g/mol. The molecule has 7 heteroatoms. The fourth-order valence-electron chi connectivity index (χ4n) is 3.60. The minimum Gasteiger partial charge on any atom is -0.356 e. The zero-order valence-electron chi connectivity index (χ0n) is 13.9. The highest BCUT2D eigenvalue weighted by Crippen LogP contribution is 2.30. The zero-order valence-corrected chi connectivity index (χ0v) is 13.9. The second kappa shape index (κ2) is 6.31. The van der Waals surface area contributed by atoms with Gasteiger partial charge in [0.25, 0.3) is 0 Å². The van der Waals surface area contributed by atoms with Crippen LogP contribution in [0.3, 0.4) is 0 Å². The second-order valence-corrected chi connectivity index (χ2v) is 6.69. The molecule has 1 N–H and O–H groups in total. The Morgan fingerprint density at radius 3 is 2.96 bits per heavy atom. The molecule has 3 heterocycles. The van der Waals surface area contributed by atoms with Crippen LogP contribution in [-0.2, 0) is 16.1 Å². The molecule has 2 saturated heterocycles. The summed E-state index contributed by atoms with van der Waals surface area (Å²) < 4.78 is 1.74. The van der Waals surface area contributed by atoms with Crippen LogP contribution in [0.2, 0.25) is 0 Å². The van der Waals surface area contributed by atoms with Gasteiger partial charge in [-0.25, -0.2) is 0 Å². The molecule has 7 nitrogen and oxygen atoms in total. The lowest BCUT2D eigenvalue weighted by Gasteiger charge is -2.49. The van der Waals surface area contributed by atoms with E-state index in [1.165, 1.54) is 0 Å². The van der Waals surface area contributed by atoms with Gasteiger partial charge in [-0.3, -0.25) is 19.2 Å². The van der Waals surface area contributed by atoms with Gasteiger partial charge in [0.1, 0.15) is 6.54 Å². The van der Waals surface area contributed by atoms with Crippen molar-refractivity contribution in [1.29, 1.82) is 0 Å². The van der Waals surface area contributed by atoms with Crippen molar-refractivity contribution in [2.75, 3.05) is 33.2 Å². The van der Waals surface area contributed by atoms with Crippen LogP contribution in [0, 0.1) is 6.92 Å². The highest BCUT2D eigenvalue weighted by atomic mass is 16.2. The second-order valence-electron chi connectivity index (χ2n) is 6.69. The largest absolute Gasteiger partial charge is 0.356 e. The van der Waals surface area contributed by atoms with Crippen LogP contribution in [0.25, 0.3) is 0 Å². The van der Waals surface area contributed by atoms with Crippen molar-refractivity contribution >= 4 is 11.8 Å². The molecule has 0 unspecified atom stereocenters. The highest BCUT2D eigenvalue weighted by molar-refractivity contribution is 5.77. The lowest BCUT2D eigenvalue weighted by Crippen LogP contribution is -2.62. The summed E-state index contributed by atoms with van der Waals surface area (Å²) in [5.41, 5.74) is 0.901. The molecule has 0 aromatic carbocycles. The topological polar surface area (TPSA) is 70.5 Å². The third kappa shape index (κ3) is 3.24. The number of likely N-dealkylation sites (N-methyl/N-ethyl adjacent to an activating group) is 1. The van der Waals surface area contributed by atoms with Crippen LogP contribution >= 0.6 is 0 Å².